The number of thiazole rings is 1. The average Bonchev–Trinajstić information content (AvgIpc) is 3.04. The molecule has 0 radical (unpaired) electrons. The van der Waals surface area contributed by atoms with Crippen LogP contribution in [0.1, 0.15) is 20.3 Å². The normalized spacial score (nSPS) is 18.9. The van der Waals surface area contributed by atoms with Crippen LogP contribution in [0.2, 0.25) is 0 Å². The minimum atomic E-state index is 0.507. The predicted octanol–water partition coefficient (Wildman–Crippen LogP) is 3.10. The fourth-order valence-corrected chi connectivity index (χ4v) is 3.24. The zero-order valence-corrected chi connectivity index (χ0v) is 12.8. The van der Waals surface area contributed by atoms with Crippen LogP contribution < -0.4 is 15.4 Å². The molecule has 1 atom stereocenters. The molecule has 20 heavy (non-hydrogen) atoms. The Hall–Kier alpha value is -1.33. The smallest absolute Gasteiger partial charge is 0.184 e. The van der Waals surface area contributed by atoms with E-state index in [0.29, 0.717) is 12.0 Å². The van der Waals surface area contributed by atoms with Crippen LogP contribution in [0.15, 0.2) is 18.2 Å². The highest BCUT2D eigenvalue weighted by atomic mass is 32.1. The van der Waals surface area contributed by atoms with Crippen molar-refractivity contribution in [1.29, 1.82) is 0 Å². The molecule has 0 saturated carbocycles. The van der Waals surface area contributed by atoms with E-state index in [1.165, 1.54) is 11.1 Å². The summed E-state index contributed by atoms with van der Waals surface area (Å²) in [4.78, 5) is 4.64. The van der Waals surface area contributed by atoms with Crippen molar-refractivity contribution < 1.29 is 4.74 Å². The van der Waals surface area contributed by atoms with Crippen LogP contribution in [0, 0.1) is 5.92 Å². The number of nitrogens with one attached hydrogen (secondary N) is 2. The number of fused-ring (bicyclic) bond motifs is 1. The zero-order chi connectivity index (χ0) is 13.9. The first-order chi connectivity index (χ1) is 9.70. The molecule has 5 heteroatoms. The summed E-state index contributed by atoms with van der Waals surface area (Å²) in [6.45, 7) is 7.18. The van der Waals surface area contributed by atoms with Crippen molar-refractivity contribution >= 4 is 26.7 Å². The van der Waals surface area contributed by atoms with E-state index in [2.05, 4.69) is 35.5 Å². The highest BCUT2D eigenvalue weighted by Gasteiger charge is 2.15. The number of aromatic nitrogens is 1. The van der Waals surface area contributed by atoms with E-state index in [1.54, 1.807) is 11.3 Å². The van der Waals surface area contributed by atoms with E-state index in [1.807, 2.05) is 12.1 Å². The molecule has 2 heterocycles. The summed E-state index contributed by atoms with van der Waals surface area (Å²) in [5.74, 6) is 1.48. The summed E-state index contributed by atoms with van der Waals surface area (Å²) in [5, 5.41) is 7.87. The number of nitrogens with zero attached hydrogens (tertiary/aromatic N) is 1. The van der Waals surface area contributed by atoms with Crippen LogP contribution in [0.4, 0.5) is 5.13 Å². The van der Waals surface area contributed by atoms with Gasteiger partial charge in [-0.15, -0.1) is 0 Å². The number of hydrogen-bond donors (Lipinski definition) is 2. The van der Waals surface area contributed by atoms with Crippen LogP contribution in [-0.2, 0) is 0 Å². The maximum Gasteiger partial charge on any atom is 0.184 e. The molecular formula is C15H21N3OS. The predicted molar refractivity (Wildman–Crippen MR) is 84.9 cm³/mol. The molecule has 1 unspecified atom stereocenters. The quantitative estimate of drug-likeness (QED) is 0.888. The third-order valence-corrected chi connectivity index (χ3v) is 4.28. The van der Waals surface area contributed by atoms with Gasteiger partial charge in [0.25, 0.3) is 0 Å². The lowest BCUT2D eigenvalue weighted by Crippen LogP contribution is -2.21. The summed E-state index contributed by atoms with van der Waals surface area (Å²) in [6.07, 6.45) is 1.17. The lowest BCUT2D eigenvalue weighted by atomic mass is 10.2. The summed E-state index contributed by atoms with van der Waals surface area (Å²) in [7, 11) is 0. The molecular weight excluding hydrogens is 270 g/mol. The second-order valence-corrected chi connectivity index (χ2v) is 6.72. The Kier molecular flexibility index (Phi) is 4.08. The van der Waals surface area contributed by atoms with E-state index in [4.69, 9.17) is 4.74 Å². The molecule has 1 aromatic carbocycles. The van der Waals surface area contributed by atoms with Gasteiger partial charge in [-0.2, -0.15) is 0 Å². The van der Waals surface area contributed by atoms with Crippen LogP contribution in [0.3, 0.4) is 0 Å². The SMILES string of the molecule is CC(C)COc1ccc2nc(NC3CCNC3)sc2c1. The van der Waals surface area contributed by atoms with E-state index >= 15 is 0 Å². The van der Waals surface area contributed by atoms with Crippen molar-refractivity contribution in [2.45, 2.75) is 26.3 Å². The van der Waals surface area contributed by atoms with Crippen LogP contribution in [0.5, 0.6) is 5.75 Å². The standard InChI is InChI=1S/C15H21N3OS/c1-10(2)9-19-12-3-4-13-14(7-12)20-15(18-13)17-11-5-6-16-8-11/h3-4,7,10-11,16H,5-6,8-9H2,1-2H3,(H,17,18). The Morgan fingerprint density at radius 1 is 1.50 bits per heavy atom. The molecule has 0 bridgehead atoms. The number of benzene rings is 1. The van der Waals surface area contributed by atoms with Gasteiger partial charge in [0.1, 0.15) is 5.75 Å². The fraction of sp³-hybridized carbons (Fsp3) is 0.533. The topological polar surface area (TPSA) is 46.2 Å². The van der Waals surface area contributed by atoms with Crippen LogP contribution >= 0.6 is 11.3 Å². The third kappa shape index (κ3) is 3.22. The molecule has 108 valence electrons. The average molecular weight is 291 g/mol. The Balaban J connectivity index is 1.73. The van der Waals surface area contributed by atoms with Gasteiger partial charge in [-0.1, -0.05) is 25.2 Å². The molecule has 1 aromatic heterocycles. The number of hydrogen-bond acceptors (Lipinski definition) is 5. The van der Waals surface area contributed by atoms with Crippen molar-refractivity contribution in [3.05, 3.63) is 18.2 Å². The van der Waals surface area contributed by atoms with Gasteiger partial charge in [-0.3, -0.25) is 0 Å². The van der Waals surface area contributed by atoms with Gasteiger partial charge < -0.3 is 15.4 Å². The third-order valence-electron chi connectivity index (χ3n) is 3.33. The van der Waals surface area contributed by atoms with Crippen molar-refractivity contribution in [2.75, 3.05) is 25.0 Å². The largest absolute Gasteiger partial charge is 0.493 e. The first-order valence-corrected chi connectivity index (χ1v) is 8.03. The van der Waals surface area contributed by atoms with Gasteiger partial charge in [0.15, 0.2) is 5.13 Å². The van der Waals surface area contributed by atoms with Gasteiger partial charge in [-0.25, -0.2) is 4.98 Å². The molecule has 0 amide bonds. The summed E-state index contributed by atoms with van der Waals surface area (Å²) in [5.41, 5.74) is 1.04. The molecule has 4 nitrogen and oxygen atoms in total. The molecule has 1 aliphatic rings. The summed E-state index contributed by atoms with van der Waals surface area (Å²) < 4.78 is 6.95. The maximum absolute atomic E-state index is 5.77. The van der Waals surface area contributed by atoms with Gasteiger partial charge >= 0.3 is 0 Å². The van der Waals surface area contributed by atoms with Gasteiger partial charge in [-0.05, 0) is 37.1 Å². The highest BCUT2D eigenvalue weighted by Crippen LogP contribution is 2.30. The summed E-state index contributed by atoms with van der Waals surface area (Å²) >= 11 is 1.70. The second-order valence-electron chi connectivity index (χ2n) is 5.69. The maximum atomic E-state index is 5.77. The Bertz CT molecular complexity index is 576. The molecule has 1 saturated heterocycles. The Morgan fingerprint density at radius 2 is 2.40 bits per heavy atom. The van der Waals surface area contributed by atoms with E-state index in [-0.39, 0.29) is 0 Å². The number of anilines is 1. The lowest BCUT2D eigenvalue weighted by molar-refractivity contribution is 0.271. The zero-order valence-electron chi connectivity index (χ0n) is 12.0. The van der Waals surface area contributed by atoms with E-state index in [9.17, 15) is 0 Å². The second kappa shape index (κ2) is 5.97. The Labute approximate surface area is 123 Å². The van der Waals surface area contributed by atoms with Crippen molar-refractivity contribution in [1.82, 2.24) is 10.3 Å². The van der Waals surface area contributed by atoms with Crippen LogP contribution in [-0.4, -0.2) is 30.7 Å². The van der Waals surface area contributed by atoms with E-state index in [0.717, 1.165) is 36.1 Å². The number of ether oxygens (including phenoxy) is 1. The fourth-order valence-electron chi connectivity index (χ4n) is 2.27. The lowest BCUT2D eigenvalue weighted by Gasteiger charge is -2.08. The minimum Gasteiger partial charge on any atom is -0.493 e. The highest BCUT2D eigenvalue weighted by molar-refractivity contribution is 7.22. The van der Waals surface area contributed by atoms with Crippen molar-refractivity contribution in [3.63, 3.8) is 0 Å². The monoisotopic (exact) mass is 291 g/mol. The van der Waals surface area contributed by atoms with Gasteiger partial charge in [0.2, 0.25) is 0 Å². The molecule has 0 spiro atoms. The molecule has 1 aliphatic heterocycles. The van der Waals surface area contributed by atoms with Crippen molar-refractivity contribution in [3.8, 4) is 5.75 Å². The van der Waals surface area contributed by atoms with Gasteiger partial charge in [0, 0.05) is 12.6 Å². The van der Waals surface area contributed by atoms with Crippen LogP contribution in [0.25, 0.3) is 10.2 Å². The molecule has 1 fully saturated rings. The molecule has 3 rings (SSSR count). The molecule has 2 aromatic rings. The first-order valence-electron chi connectivity index (χ1n) is 7.21. The first kappa shape index (κ1) is 13.6. The number of rotatable bonds is 5. The Morgan fingerprint density at radius 3 is 3.15 bits per heavy atom. The van der Waals surface area contributed by atoms with E-state index < -0.39 is 0 Å². The molecule has 2 N–H and O–H groups in total. The summed E-state index contributed by atoms with van der Waals surface area (Å²) in [6, 6.07) is 6.64. The molecule has 0 aliphatic carbocycles. The van der Waals surface area contributed by atoms with Gasteiger partial charge in [0.05, 0.1) is 16.8 Å². The van der Waals surface area contributed by atoms with Crippen molar-refractivity contribution in [2.24, 2.45) is 5.92 Å². The minimum absolute atomic E-state index is 0.507.